The zero-order valence-electron chi connectivity index (χ0n) is 11.3. The molecule has 1 atom stereocenters. The van der Waals surface area contributed by atoms with Crippen LogP contribution < -0.4 is 5.32 Å². The summed E-state index contributed by atoms with van der Waals surface area (Å²) in [6, 6.07) is 8.71. The van der Waals surface area contributed by atoms with Crippen LogP contribution in [0.4, 0.5) is 4.79 Å². The highest BCUT2D eigenvalue weighted by molar-refractivity contribution is 5.75. The van der Waals surface area contributed by atoms with E-state index >= 15 is 0 Å². The van der Waals surface area contributed by atoms with Crippen LogP contribution in [0.1, 0.15) is 43.4 Å². The fourth-order valence-corrected chi connectivity index (χ4v) is 2.63. The van der Waals surface area contributed by atoms with E-state index < -0.39 is 0 Å². The molecular weight excluding hydrogens is 224 g/mol. The number of nitrogens with zero attached hydrogens (tertiary/aromatic N) is 1. The molecule has 1 saturated heterocycles. The maximum atomic E-state index is 12.1. The van der Waals surface area contributed by atoms with E-state index in [1.54, 1.807) is 0 Å². The Morgan fingerprint density at radius 2 is 2.22 bits per heavy atom. The Morgan fingerprint density at radius 3 is 2.94 bits per heavy atom. The van der Waals surface area contributed by atoms with Gasteiger partial charge in [-0.05, 0) is 37.3 Å². The first-order chi connectivity index (χ1) is 8.74. The molecule has 1 heterocycles. The van der Waals surface area contributed by atoms with Crippen molar-refractivity contribution in [1.29, 1.82) is 0 Å². The van der Waals surface area contributed by atoms with Crippen LogP contribution in [0.3, 0.4) is 0 Å². The van der Waals surface area contributed by atoms with Gasteiger partial charge in [-0.25, -0.2) is 4.79 Å². The number of carbonyl (C=O) groups is 1. The zero-order valence-corrected chi connectivity index (χ0v) is 11.3. The van der Waals surface area contributed by atoms with Gasteiger partial charge in [-0.2, -0.15) is 0 Å². The molecule has 1 aromatic rings. The predicted octanol–water partition coefficient (Wildman–Crippen LogP) is 3.25. The fourth-order valence-electron chi connectivity index (χ4n) is 2.63. The van der Waals surface area contributed by atoms with Gasteiger partial charge >= 0.3 is 6.03 Å². The van der Waals surface area contributed by atoms with Crippen molar-refractivity contribution < 1.29 is 4.79 Å². The van der Waals surface area contributed by atoms with Gasteiger partial charge in [-0.1, -0.05) is 31.2 Å². The van der Waals surface area contributed by atoms with E-state index in [2.05, 4.69) is 43.4 Å². The molecule has 1 N–H and O–H groups in total. The lowest BCUT2D eigenvalue weighted by Crippen LogP contribution is -2.39. The van der Waals surface area contributed by atoms with E-state index in [-0.39, 0.29) is 12.1 Å². The Kier molecular flexibility index (Phi) is 4.24. The van der Waals surface area contributed by atoms with Gasteiger partial charge in [0.15, 0.2) is 0 Å². The number of nitrogens with one attached hydrogen (secondary N) is 1. The average Bonchev–Trinajstić information content (AvgIpc) is 2.85. The molecule has 1 aliphatic heterocycles. The number of rotatable bonds is 3. The van der Waals surface area contributed by atoms with Gasteiger partial charge in [0.05, 0.1) is 6.04 Å². The molecule has 1 aliphatic rings. The van der Waals surface area contributed by atoms with Crippen molar-refractivity contribution in [2.24, 2.45) is 0 Å². The van der Waals surface area contributed by atoms with Crippen LogP contribution >= 0.6 is 0 Å². The summed E-state index contributed by atoms with van der Waals surface area (Å²) in [4.78, 5) is 14.1. The van der Waals surface area contributed by atoms with E-state index in [1.807, 2.05) is 4.90 Å². The van der Waals surface area contributed by atoms with E-state index in [0.717, 1.165) is 32.4 Å². The van der Waals surface area contributed by atoms with Crippen molar-refractivity contribution in [3.63, 3.8) is 0 Å². The number of carbonyl (C=O) groups excluding carboxylic acids is 1. The molecule has 0 saturated carbocycles. The van der Waals surface area contributed by atoms with Crippen molar-refractivity contribution in [3.05, 3.63) is 35.4 Å². The third kappa shape index (κ3) is 2.66. The quantitative estimate of drug-likeness (QED) is 0.872. The highest BCUT2D eigenvalue weighted by Gasteiger charge is 2.30. The summed E-state index contributed by atoms with van der Waals surface area (Å²) in [7, 11) is 0. The lowest BCUT2D eigenvalue weighted by molar-refractivity contribution is 0.193. The summed E-state index contributed by atoms with van der Waals surface area (Å²) in [6.07, 6.45) is 3.15. The second-order valence-electron chi connectivity index (χ2n) is 4.94. The van der Waals surface area contributed by atoms with Crippen molar-refractivity contribution in [2.75, 3.05) is 13.1 Å². The zero-order chi connectivity index (χ0) is 13.0. The molecule has 0 unspecified atom stereocenters. The molecule has 0 radical (unpaired) electrons. The normalized spacial score (nSPS) is 19.0. The Bertz CT molecular complexity index is 417. The van der Waals surface area contributed by atoms with E-state index in [4.69, 9.17) is 0 Å². The van der Waals surface area contributed by atoms with Gasteiger partial charge in [0.2, 0.25) is 0 Å². The summed E-state index contributed by atoms with van der Waals surface area (Å²) in [5, 5.41) is 2.98. The van der Waals surface area contributed by atoms with Crippen LogP contribution in [-0.4, -0.2) is 24.0 Å². The molecule has 1 fully saturated rings. The first-order valence-electron chi connectivity index (χ1n) is 6.84. The molecule has 2 rings (SSSR count). The van der Waals surface area contributed by atoms with Crippen LogP contribution in [0, 0.1) is 6.92 Å². The van der Waals surface area contributed by atoms with Crippen molar-refractivity contribution in [2.45, 2.75) is 39.2 Å². The van der Waals surface area contributed by atoms with Crippen molar-refractivity contribution in [1.82, 2.24) is 10.2 Å². The minimum absolute atomic E-state index is 0.0857. The largest absolute Gasteiger partial charge is 0.338 e. The Morgan fingerprint density at radius 1 is 1.44 bits per heavy atom. The van der Waals surface area contributed by atoms with Crippen LogP contribution in [0.2, 0.25) is 0 Å². The highest BCUT2D eigenvalue weighted by atomic mass is 16.2. The van der Waals surface area contributed by atoms with Gasteiger partial charge in [0, 0.05) is 13.1 Å². The summed E-state index contributed by atoms with van der Waals surface area (Å²) in [5.41, 5.74) is 2.57. The summed E-state index contributed by atoms with van der Waals surface area (Å²) >= 11 is 0. The van der Waals surface area contributed by atoms with Gasteiger partial charge < -0.3 is 10.2 Å². The Hall–Kier alpha value is -1.51. The summed E-state index contributed by atoms with van der Waals surface area (Å²) < 4.78 is 0. The molecule has 0 bridgehead atoms. The van der Waals surface area contributed by atoms with Gasteiger partial charge in [-0.15, -0.1) is 0 Å². The number of urea groups is 1. The van der Waals surface area contributed by atoms with Gasteiger partial charge in [0.25, 0.3) is 0 Å². The second kappa shape index (κ2) is 5.89. The second-order valence-corrected chi connectivity index (χ2v) is 4.94. The minimum Gasteiger partial charge on any atom is -0.338 e. The van der Waals surface area contributed by atoms with Crippen LogP contribution in [-0.2, 0) is 0 Å². The Labute approximate surface area is 109 Å². The van der Waals surface area contributed by atoms with Crippen molar-refractivity contribution >= 4 is 6.03 Å². The minimum atomic E-state index is 0.0857. The fraction of sp³-hybridized carbons (Fsp3) is 0.533. The molecule has 0 aliphatic carbocycles. The molecule has 3 heteroatoms. The molecule has 1 aromatic carbocycles. The number of likely N-dealkylation sites (tertiary alicyclic amines) is 1. The highest BCUT2D eigenvalue weighted by Crippen LogP contribution is 2.33. The topological polar surface area (TPSA) is 32.3 Å². The van der Waals surface area contributed by atoms with Crippen LogP contribution in [0.15, 0.2) is 24.3 Å². The maximum Gasteiger partial charge on any atom is 0.317 e. The number of aryl methyl sites for hydroxylation is 1. The SMILES string of the molecule is CCCNC(=O)N1CCC[C@@H]1c1ccccc1C. The lowest BCUT2D eigenvalue weighted by atomic mass is 9.99. The number of hydrogen-bond donors (Lipinski definition) is 1. The number of amides is 2. The predicted molar refractivity (Wildman–Crippen MR) is 73.5 cm³/mol. The smallest absolute Gasteiger partial charge is 0.317 e. The molecule has 3 nitrogen and oxygen atoms in total. The van der Waals surface area contributed by atoms with Gasteiger partial charge in [0.1, 0.15) is 0 Å². The third-order valence-corrected chi connectivity index (χ3v) is 3.59. The lowest BCUT2D eigenvalue weighted by Gasteiger charge is -2.26. The molecule has 0 spiro atoms. The first kappa shape index (κ1) is 12.9. The molecule has 0 aromatic heterocycles. The van der Waals surface area contributed by atoms with Crippen LogP contribution in [0.25, 0.3) is 0 Å². The molecule has 2 amide bonds. The third-order valence-electron chi connectivity index (χ3n) is 3.59. The van der Waals surface area contributed by atoms with E-state index in [0.29, 0.717) is 0 Å². The first-order valence-corrected chi connectivity index (χ1v) is 6.84. The van der Waals surface area contributed by atoms with Crippen molar-refractivity contribution in [3.8, 4) is 0 Å². The molecule has 98 valence electrons. The number of hydrogen-bond acceptors (Lipinski definition) is 1. The van der Waals surface area contributed by atoms with E-state index in [1.165, 1.54) is 11.1 Å². The maximum absolute atomic E-state index is 12.1. The van der Waals surface area contributed by atoms with Crippen LogP contribution in [0.5, 0.6) is 0 Å². The standard InChI is InChI=1S/C15H22N2O/c1-3-10-16-15(18)17-11-6-9-14(17)13-8-5-4-7-12(13)2/h4-5,7-8,14H,3,6,9-11H2,1-2H3,(H,16,18)/t14-/m1/s1. The number of benzene rings is 1. The van der Waals surface area contributed by atoms with Gasteiger partial charge in [-0.3, -0.25) is 0 Å². The molecule has 18 heavy (non-hydrogen) atoms. The Balaban J connectivity index is 2.12. The summed E-state index contributed by atoms with van der Waals surface area (Å²) in [6.45, 7) is 5.82. The average molecular weight is 246 g/mol. The molecular formula is C15H22N2O. The monoisotopic (exact) mass is 246 g/mol. The summed E-state index contributed by atoms with van der Waals surface area (Å²) in [5.74, 6) is 0. The van der Waals surface area contributed by atoms with E-state index in [9.17, 15) is 4.79 Å².